The second-order valence-electron chi connectivity index (χ2n) is 13.6. The molecule has 5 aliphatic rings. The summed E-state index contributed by atoms with van der Waals surface area (Å²) in [4.78, 5) is 46.1. The van der Waals surface area contributed by atoms with Crippen LogP contribution in [-0.2, 0) is 22.6 Å². The van der Waals surface area contributed by atoms with Gasteiger partial charge >= 0.3 is 0 Å². The Hall–Kier alpha value is -3.21. The summed E-state index contributed by atoms with van der Waals surface area (Å²) in [5.41, 5.74) is -0.699. The van der Waals surface area contributed by atoms with Crippen LogP contribution in [0.15, 0.2) is 28.7 Å². The largest absolute Gasteiger partial charge is 0.510 e. The van der Waals surface area contributed by atoms with Crippen LogP contribution in [0.1, 0.15) is 60.5 Å². The van der Waals surface area contributed by atoms with Crippen LogP contribution in [0.3, 0.4) is 0 Å². The number of ketones is 3. The van der Waals surface area contributed by atoms with E-state index >= 15 is 0 Å². The van der Waals surface area contributed by atoms with Crippen LogP contribution < -0.4 is 4.90 Å². The van der Waals surface area contributed by atoms with Gasteiger partial charge in [-0.2, -0.15) is 0 Å². The summed E-state index contributed by atoms with van der Waals surface area (Å²) in [5.74, 6) is -5.40. The van der Waals surface area contributed by atoms with Crippen molar-refractivity contribution in [3.8, 4) is 5.75 Å². The maximum Gasteiger partial charge on any atom is 0.209 e. The van der Waals surface area contributed by atoms with Gasteiger partial charge in [-0.05, 0) is 82.6 Å². The fourth-order valence-electron chi connectivity index (χ4n) is 8.46. The van der Waals surface area contributed by atoms with Crippen molar-refractivity contribution in [2.45, 2.75) is 63.6 Å². The lowest BCUT2D eigenvalue weighted by molar-refractivity contribution is -0.148. The maximum absolute atomic E-state index is 14.3. The number of hydrogen-bond donors (Lipinski definition) is 4. The van der Waals surface area contributed by atoms with Gasteiger partial charge in [0.25, 0.3) is 0 Å². The summed E-state index contributed by atoms with van der Waals surface area (Å²) in [6.07, 6.45) is 5.24. The van der Waals surface area contributed by atoms with E-state index in [1.807, 2.05) is 25.1 Å². The molecule has 0 amide bonds. The average molecular weight is 580 g/mol. The SMILES string of the molecule is CC(=O)C1=C(O)[C@@H](N(C)C)[C@@H]2C[C@@H]3Cc4c(N(C)C)cc(CN5CCC6(CCC6)C5)c(O)c4C(=O)C3=C(O)[C@]2(O)C1=O. The van der Waals surface area contributed by atoms with E-state index in [1.54, 1.807) is 19.0 Å². The van der Waals surface area contributed by atoms with Crippen molar-refractivity contribution in [3.05, 3.63) is 45.4 Å². The van der Waals surface area contributed by atoms with Gasteiger partial charge in [0.2, 0.25) is 5.78 Å². The number of likely N-dealkylation sites (N-methyl/N-ethyl adjacent to an activating group) is 1. The predicted molar refractivity (Wildman–Crippen MR) is 156 cm³/mol. The third-order valence-electron chi connectivity index (χ3n) is 10.7. The third-order valence-corrected chi connectivity index (χ3v) is 10.7. The molecule has 1 saturated carbocycles. The van der Waals surface area contributed by atoms with Gasteiger partial charge in [-0.1, -0.05) is 6.42 Å². The topological polar surface area (TPSA) is 142 Å². The first-order chi connectivity index (χ1) is 19.7. The number of allylic oxidation sites excluding steroid dienone is 1. The highest BCUT2D eigenvalue weighted by Gasteiger charge is 2.63. The Morgan fingerprint density at radius 2 is 1.79 bits per heavy atom. The molecule has 4 N–H and O–H groups in total. The average Bonchev–Trinajstić information content (AvgIpc) is 3.32. The minimum atomic E-state index is -2.56. The van der Waals surface area contributed by atoms with E-state index in [0.717, 1.165) is 32.1 Å². The van der Waals surface area contributed by atoms with Crippen LogP contribution in [0.5, 0.6) is 5.75 Å². The molecular weight excluding hydrogens is 538 g/mol. The molecule has 1 aromatic carbocycles. The highest BCUT2D eigenvalue weighted by molar-refractivity contribution is 6.25. The van der Waals surface area contributed by atoms with Gasteiger partial charge in [0, 0.05) is 49.9 Å². The van der Waals surface area contributed by atoms with E-state index in [9.17, 15) is 34.8 Å². The second kappa shape index (κ2) is 9.65. The lowest BCUT2D eigenvalue weighted by Gasteiger charge is -2.50. The van der Waals surface area contributed by atoms with Gasteiger partial charge in [-0.25, -0.2) is 0 Å². The number of hydrogen-bond acceptors (Lipinski definition) is 10. The van der Waals surface area contributed by atoms with Crippen molar-refractivity contribution in [2.24, 2.45) is 17.3 Å². The highest BCUT2D eigenvalue weighted by atomic mass is 16.3. The molecule has 10 heteroatoms. The van der Waals surface area contributed by atoms with Crippen molar-refractivity contribution in [1.82, 2.24) is 9.80 Å². The molecule has 0 radical (unpaired) electrons. The Labute approximate surface area is 245 Å². The van der Waals surface area contributed by atoms with Gasteiger partial charge in [-0.3, -0.25) is 24.2 Å². The molecule has 0 bridgehead atoms. The number of benzene rings is 1. The first-order valence-corrected chi connectivity index (χ1v) is 14.8. The number of likely N-dealkylation sites (tertiary alicyclic amines) is 1. The summed E-state index contributed by atoms with van der Waals surface area (Å²) < 4.78 is 0. The lowest BCUT2D eigenvalue weighted by Crippen LogP contribution is -2.63. The quantitative estimate of drug-likeness (QED) is 0.385. The van der Waals surface area contributed by atoms with E-state index in [0.29, 0.717) is 29.5 Å². The Kier molecular flexibility index (Phi) is 6.64. The summed E-state index contributed by atoms with van der Waals surface area (Å²) >= 11 is 0. The molecule has 6 rings (SSSR count). The number of rotatable bonds is 5. The molecule has 1 aliphatic heterocycles. The monoisotopic (exact) mass is 579 g/mol. The zero-order chi connectivity index (χ0) is 30.5. The molecule has 1 saturated heterocycles. The number of aliphatic hydroxyl groups excluding tert-OH is 2. The molecule has 0 aromatic heterocycles. The Bertz CT molecular complexity index is 1470. The van der Waals surface area contributed by atoms with Crippen molar-refractivity contribution in [1.29, 1.82) is 0 Å². The fourth-order valence-corrected chi connectivity index (χ4v) is 8.46. The van der Waals surface area contributed by atoms with Crippen LogP contribution >= 0.6 is 0 Å². The van der Waals surface area contributed by atoms with E-state index in [-0.39, 0.29) is 23.3 Å². The van der Waals surface area contributed by atoms with Crippen molar-refractivity contribution in [2.75, 3.05) is 46.2 Å². The summed E-state index contributed by atoms with van der Waals surface area (Å²) in [5, 5.41) is 46.1. The van der Waals surface area contributed by atoms with Gasteiger partial charge < -0.3 is 25.3 Å². The van der Waals surface area contributed by atoms with E-state index in [4.69, 9.17) is 0 Å². The smallest absolute Gasteiger partial charge is 0.209 e. The predicted octanol–water partition coefficient (Wildman–Crippen LogP) is 2.67. The number of anilines is 1. The van der Waals surface area contributed by atoms with Crippen molar-refractivity contribution < 1.29 is 34.8 Å². The number of carbonyl (C=O) groups excluding carboxylic acids is 3. The minimum Gasteiger partial charge on any atom is -0.510 e. The third kappa shape index (κ3) is 3.91. The number of nitrogens with zero attached hydrogens (tertiary/aromatic N) is 3. The number of aliphatic hydroxyl groups is 3. The second-order valence-corrected chi connectivity index (χ2v) is 13.6. The number of carbonyl (C=O) groups is 3. The molecule has 0 unspecified atom stereocenters. The highest BCUT2D eigenvalue weighted by Crippen LogP contribution is 2.54. The minimum absolute atomic E-state index is 0.0891. The number of fused-ring (bicyclic) bond motifs is 3. The van der Waals surface area contributed by atoms with E-state index < -0.39 is 57.9 Å². The number of aromatic hydroxyl groups is 1. The zero-order valence-electron chi connectivity index (χ0n) is 25.0. The standard InChI is InChI=1S/C32H41N3O7/c1-16(36)22-28(39)25(34(4)5)20-12-17-11-19-21(33(2)3)13-18(14-35-10-9-31(15-35)7-6-8-31)26(37)24(19)27(38)23(17)30(41)32(20,42)29(22)40/h13,17,20,25,37,39,41-42H,6-12,14-15H2,1-5H3/t17-,20-,25-,32+/m0/s1. The molecule has 4 atom stereocenters. The lowest BCUT2D eigenvalue weighted by atomic mass is 9.58. The molecule has 226 valence electrons. The van der Waals surface area contributed by atoms with E-state index in [1.165, 1.54) is 19.3 Å². The van der Waals surface area contributed by atoms with Crippen LogP contribution in [0.2, 0.25) is 0 Å². The molecule has 1 heterocycles. The van der Waals surface area contributed by atoms with Crippen LogP contribution in [0, 0.1) is 17.3 Å². The summed E-state index contributed by atoms with van der Waals surface area (Å²) in [7, 11) is 7.08. The molecule has 1 spiro atoms. The van der Waals surface area contributed by atoms with Crippen LogP contribution in [0.25, 0.3) is 0 Å². The molecule has 42 heavy (non-hydrogen) atoms. The van der Waals surface area contributed by atoms with Crippen LogP contribution in [0.4, 0.5) is 5.69 Å². The molecule has 1 aromatic rings. The fraction of sp³-hybridized carbons (Fsp3) is 0.594. The Morgan fingerprint density at radius 3 is 2.33 bits per heavy atom. The number of Topliss-reactive ketones (excluding diaryl/α,β-unsaturated/α-hetero) is 3. The number of phenolic OH excluding ortho intramolecular Hbond substituents is 1. The van der Waals surface area contributed by atoms with Gasteiger partial charge in [-0.15, -0.1) is 0 Å². The first kappa shape index (κ1) is 28.9. The Balaban J connectivity index is 1.46. The van der Waals surface area contributed by atoms with Crippen LogP contribution in [-0.4, -0.2) is 100 Å². The number of phenols is 1. The van der Waals surface area contributed by atoms with E-state index in [2.05, 4.69) is 4.90 Å². The normalized spacial score (nSPS) is 30.4. The van der Waals surface area contributed by atoms with Crippen molar-refractivity contribution >= 4 is 23.0 Å². The summed E-state index contributed by atoms with van der Waals surface area (Å²) in [6, 6.07) is 1.01. The van der Waals surface area contributed by atoms with Crippen molar-refractivity contribution in [3.63, 3.8) is 0 Å². The van der Waals surface area contributed by atoms with Gasteiger partial charge in [0.05, 0.1) is 11.6 Å². The summed E-state index contributed by atoms with van der Waals surface area (Å²) in [6.45, 7) is 3.50. The van der Waals surface area contributed by atoms with Gasteiger partial charge in [0.1, 0.15) is 22.8 Å². The molecule has 10 nitrogen and oxygen atoms in total. The molecule has 4 aliphatic carbocycles. The van der Waals surface area contributed by atoms with Gasteiger partial charge in [0.15, 0.2) is 17.2 Å². The molecular formula is C32H41N3O7. The zero-order valence-corrected chi connectivity index (χ0v) is 25.0. The molecule has 2 fully saturated rings. The maximum atomic E-state index is 14.3. The first-order valence-electron chi connectivity index (χ1n) is 14.8. The Morgan fingerprint density at radius 1 is 1.10 bits per heavy atom.